The molecule has 118 valence electrons. The van der Waals surface area contributed by atoms with E-state index in [1.54, 1.807) is 7.11 Å². The van der Waals surface area contributed by atoms with Crippen molar-refractivity contribution in [3.05, 3.63) is 32.5 Å². The second-order valence-corrected chi connectivity index (χ2v) is 5.01. The molecule has 1 rings (SSSR count). The summed E-state index contributed by atoms with van der Waals surface area (Å²) in [6, 6.07) is 1.93. The third kappa shape index (κ3) is 5.92. The first-order valence-electron chi connectivity index (χ1n) is 6.09. The van der Waals surface area contributed by atoms with Crippen LogP contribution in [0.1, 0.15) is 0 Å². The van der Waals surface area contributed by atoms with E-state index >= 15 is 0 Å². The van der Waals surface area contributed by atoms with Gasteiger partial charge in [0.05, 0.1) is 16.0 Å². The number of hydrogen-bond acceptors (Lipinski definition) is 6. The van der Waals surface area contributed by atoms with Crippen LogP contribution in [0.2, 0.25) is 0 Å². The summed E-state index contributed by atoms with van der Waals surface area (Å²) in [4.78, 5) is 10.2. The van der Waals surface area contributed by atoms with E-state index in [4.69, 9.17) is 9.47 Å². The summed E-state index contributed by atoms with van der Waals surface area (Å²) in [7, 11) is 1.56. The van der Waals surface area contributed by atoms with Crippen molar-refractivity contribution >= 4 is 21.6 Å². The van der Waals surface area contributed by atoms with Crippen molar-refractivity contribution < 1.29 is 23.9 Å². The molecule has 1 aromatic rings. The molecule has 0 heterocycles. The van der Waals surface area contributed by atoms with E-state index < -0.39 is 16.8 Å². The Bertz CT molecular complexity index is 489. The lowest BCUT2D eigenvalue weighted by Gasteiger charge is -2.13. The number of methoxy groups -OCH3 is 1. The number of nitrogens with zero attached hydrogens (tertiary/aromatic N) is 1. The van der Waals surface area contributed by atoms with Crippen molar-refractivity contribution in [1.82, 2.24) is 5.32 Å². The van der Waals surface area contributed by atoms with Crippen LogP contribution in [0.3, 0.4) is 0 Å². The number of hydrogen-bond donors (Lipinski definition) is 2. The lowest BCUT2D eigenvalue weighted by atomic mass is 10.3. The van der Waals surface area contributed by atoms with Gasteiger partial charge in [0.25, 0.3) is 0 Å². The first-order valence-corrected chi connectivity index (χ1v) is 6.89. The number of nitro groups is 1. The van der Waals surface area contributed by atoms with Crippen molar-refractivity contribution in [2.45, 2.75) is 6.10 Å². The van der Waals surface area contributed by atoms with Crippen molar-refractivity contribution in [3.63, 3.8) is 0 Å². The summed E-state index contributed by atoms with van der Waals surface area (Å²) in [5.41, 5.74) is -0.372. The molecule has 1 aromatic carbocycles. The Morgan fingerprint density at radius 3 is 2.90 bits per heavy atom. The maximum atomic E-state index is 13.4. The SMILES string of the molecule is COCCNCC(O)COc1cc(F)c(Br)cc1[N+](=O)[O-]. The predicted octanol–water partition coefficient (Wildman–Crippen LogP) is 1.47. The number of rotatable bonds is 9. The third-order valence-corrected chi connectivity index (χ3v) is 3.10. The smallest absolute Gasteiger partial charge is 0.312 e. The molecule has 7 nitrogen and oxygen atoms in total. The van der Waals surface area contributed by atoms with Crippen LogP contribution in [0, 0.1) is 15.9 Å². The van der Waals surface area contributed by atoms with Crippen LogP contribution in [0.5, 0.6) is 5.75 Å². The maximum Gasteiger partial charge on any atom is 0.312 e. The molecule has 0 bridgehead atoms. The van der Waals surface area contributed by atoms with Crippen LogP contribution >= 0.6 is 15.9 Å². The van der Waals surface area contributed by atoms with Gasteiger partial charge in [-0.2, -0.15) is 0 Å². The molecular formula is C12H16BrFN2O5. The van der Waals surface area contributed by atoms with Crippen molar-refractivity contribution in [2.75, 3.05) is 33.4 Å². The van der Waals surface area contributed by atoms with Crippen LogP contribution in [0.15, 0.2) is 16.6 Å². The van der Waals surface area contributed by atoms with E-state index in [0.717, 1.165) is 12.1 Å². The molecule has 1 unspecified atom stereocenters. The summed E-state index contributed by atoms with van der Waals surface area (Å²) in [5.74, 6) is -0.903. The molecule has 0 aliphatic heterocycles. The molecule has 0 saturated heterocycles. The highest BCUT2D eigenvalue weighted by Gasteiger charge is 2.19. The van der Waals surface area contributed by atoms with Gasteiger partial charge in [-0.15, -0.1) is 0 Å². The van der Waals surface area contributed by atoms with Gasteiger partial charge in [-0.1, -0.05) is 0 Å². The van der Waals surface area contributed by atoms with Crippen LogP contribution in [0.25, 0.3) is 0 Å². The zero-order valence-electron chi connectivity index (χ0n) is 11.3. The molecule has 1 atom stereocenters. The highest BCUT2D eigenvalue weighted by molar-refractivity contribution is 9.10. The first kappa shape index (κ1) is 17.8. The molecule has 0 saturated carbocycles. The fraction of sp³-hybridized carbons (Fsp3) is 0.500. The number of benzene rings is 1. The van der Waals surface area contributed by atoms with Crippen LogP contribution in [0.4, 0.5) is 10.1 Å². The minimum Gasteiger partial charge on any atom is -0.484 e. The van der Waals surface area contributed by atoms with Crippen LogP contribution in [-0.2, 0) is 4.74 Å². The van der Waals surface area contributed by atoms with Gasteiger partial charge in [-0.05, 0) is 15.9 Å². The number of aliphatic hydroxyl groups is 1. The molecule has 0 spiro atoms. The molecule has 0 aliphatic rings. The van der Waals surface area contributed by atoms with Gasteiger partial charge < -0.3 is 19.9 Å². The van der Waals surface area contributed by atoms with Gasteiger partial charge >= 0.3 is 5.69 Å². The van der Waals surface area contributed by atoms with E-state index in [2.05, 4.69) is 21.2 Å². The summed E-state index contributed by atoms with van der Waals surface area (Å²) in [5, 5.41) is 23.4. The predicted molar refractivity (Wildman–Crippen MR) is 77.0 cm³/mol. The third-order valence-electron chi connectivity index (χ3n) is 2.49. The highest BCUT2D eigenvalue weighted by atomic mass is 79.9. The first-order chi connectivity index (χ1) is 9.95. The van der Waals surface area contributed by atoms with E-state index in [-0.39, 0.29) is 29.1 Å². The van der Waals surface area contributed by atoms with Gasteiger partial charge in [0, 0.05) is 32.3 Å². The average molecular weight is 367 g/mol. The quantitative estimate of drug-likeness (QED) is 0.390. The lowest BCUT2D eigenvalue weighted by molar-refractivity contribution is -0.386. The summed E-state index contributed by atoms with van der Waals surface area (Å²) in [6.45, 7) is 1.09. The van der Waals surface area contributed by atoms with Gasteiger partial charge in [-0.3, -0.25) is 10.1 Å². The molecule has 0 aromatic heterocycles. The van der Waals surface area contributed by atoms with Gasteiger partial charge in [0.15, 0.2) is 5.75 Å². The molecular weight excluding hydrogens is 351 g/mol. The van der Waals surface area contributed by atoms with E-state index in [0.29, 0.717) is 13.2 Å². The number of nitrogens with one attached hydrogen (secondary N) is 1. The Labute approximate surface area is 129 Å². The standard InChI is InChI=1S/C12H16BrFN2O5/c1-20-3-2-15-6-8(17)7-21-12-5-10(14)9(13)4-11(12)16(18)19/h4-5,8,15,17H,2-3,6-7H2,1H3. The zero-order chi connectivity index (χ0) is 15.8. The largest absolute Gasteiger partial charge is 0.484 e. The second kappa shape index (κ2) is 8.88. The monoisotopic (exact) mass is 366 g/mol. The fourth-order valence-corrected chi connectivity index (χ4v) is 1.80. The Morgan fingerprint density at radius 2 is 2.29 bits per heavy atom. The number of ether oxygens (including phenoxy) is 2. The Morgan fingerprint density at radius 1 is 1.57 bits per heavy atom. The second-order valence-electron chi connectivity index (χ2n) is 4.15. The molecule has 0 aliphatic carbocycles. The van der Waals surface area contributed by atoms with Gasteiger partial charge in [-0.25, -0.2) is 4.39 Å². The maximum absolute atomic E-state index is 13.4. The molecule has 21 heavy (non-hydrogen) atoms. The van der Waals surface area contributed by atoms with Crippen molar-refractivity contribution in [3.8, 4) is 5.75 Å². The Balaban J connectivity index is 2.58. The van der Waals surface area contributed by atoms with Gasteiger partial charge in [0.2, 0.25) is 0 Å². The minimum atomic E-state index is -0.881. The topological polar surface area (TPSA) is 93.9 Å². The van der Waals surface area contributed by atoms with E-state index in [9.17, 15) is 19.6 Å². The lowest BCUT2D eigenvalue weighted by Crippen LogP contribution is -2.33. The molecule has 0 amide bonds. The normalized spacial score (nSPS) is 12.2. The summed E-state index contributed by atoms with van der Waals surface area (Å²) < 4.78 is 23.3. The van der Waals surface area contributed by atoms with Crippen LogP contribution in [-0.4, -0.2) is 49.5 Å². The molecule has 0 radical (unpaired) electrons. The Hall–Kier alpha value is -1.29. The van der Waals surface area contributed by atoms with Crippen molar-refractivity contribution in [1.29, 1.82) is 0 Å². The molecule has 2 N–H and O–H groups in total. The zero-order valence-corrected chi connectivity index (χ0v) is 12.9. The highest BCUT2D eigenvalue weighted by Crippen LogP contribution is 2.32. The Kier molecular flexibility index (Phi) is 7.51. The fourth-order valence-electron chi connectivity index (χ4n) is 1.46. The molecule has 9 heteroatoms. The number of halogens is 2. The summed E-state index contributed by atoms with van der Waals surface area (Å²) >= 11 is 2.87. The van der Waals surface area contributed by atoms with E-state index in [1.807, 2.05) is 0 Å². The number of nitro benzene ring substituents is 1. The summed E-state index contributed by atoms with van der Waals surface area (Å²) in [6.07, 6.45) is -0.881. The number of aliphatic hydroxyl groups excluding tert-OH is 1. The van der Waals surface area contributed by atoms with Crippen molar-refractivity contribution in [2.24, 2.45) is 0 Å². The average Bonchev–Trinajstić information content (AvgIpc) is 2.44. The van der Waals surface area contributed by atoms with Gasteiger partial charge in [0.1, 0.15) is 18.5 Å². The molecule has 0 fully saturated rings. The minimum absolute atomic E-state index is 0.0247. The van der Waals surface area contributed by atoms with E-state index in [1.165, 1.54) is 0 Å². The van der Waals surface area contributed by atoms with Crippen LogP contribution < -0.4 is 10.1 Å².